The van der Waals surface area contributed by atoms with E-state index in [0.717, 1.165) is 38.5 Å². The fraction of sp³-hybridized carbons (Fsp3) is 0.905. The second-order valence-electron chi connectivity index (χ2n) is 8.28. The van der Waals surface area contributed by atoms with Crippen LogP contribution in [0.25, 0.3) is 0 Å². The Morgan fingerprint density at radius 3 is 2.00 bits per heavy atom. The van der Waals surface area contributed by atoms with E-state index in [1.54, 1.807) is 0 Å². The maximum absolute atomic E-state index is 12.3. The minimum absolute atomic E-state index is 0.0532. The summed E-state index contributed by atoms with van der Waals surface area (Å²) >= 11 is 0. The zero-order valence-electron chi connectivity index (χ0n) is 17.3. The quantitative estimate of drug-likeness (QED) is 0.495. The molecule has 27 heavy (non-hydrogen) atoms. The van der Waals surface area contributed by atoms with Crippen molar-refractivity contribution in [3.8, 4) is 0 Å². The molecule has 0 heterocycles. The summed E-state index contributed by atoms with van der Waals surface area (Å²) in [6.07, 6.45) is 6.78. The molecule has 3 fully saturated rings. The molecule has 0 spiro atoms. The third-order valence-corrected chi connectivity index (χ3v) is 6.09. The Morgan fingerprint density at radius 2 is 1.44 bits per heavy atom. The van der Waals surface area contributed by atoms with Gasteiger partial charge in [-0.15, -0.1) is 0 Å². The highest BCUT2D eigenvalue weighted by Crippen LogP contribution is 2.53. The van der Waals surface area contributed by atoms with Crippen molar-refractivity contribution in [2.45, 2.75) is 83.8 Å². The predicted molar refractivity (Wildman–Crippen MR) is 104 cm³/mol. The first-order valence-corrected chi connectivity index (χ1v) is 10.5. The van der Waals surface area contributed by atoms with E-state index in [4.69, 9.17) is 14.2 Å². The molecule has 6 nitrogen and oxygen atoms in total. The van der Waals surface area contributed by atoms with Crippen molar-refractivity contribution in [1.82, 2.24) is 5.32 Å². The number of amides is 1. The van der Waals surface area contributed by atoms with Crippen LogP contribution in [0.4, 0.5) is 0 Å². The van der Waals surface area contributed by atoms with Crippen LogP contribution in [0.5, 0.6) is 0 Å². The van der Waals surface area contributed by atoms with Crippen LogP contribution in [0.1, 0.15) is 72.1 Å². The molecule has 3 aliphatic rings. The fourth-order valence-corrected chi connectivity index (χ4v) is 4.35. The van der Waals surface area contributed by atoms with Crippen molar-refractivity contribution >= 4 is 11.7 Å². The molecule has 3 rings (SSSR count). The van der Waals surface area contributed by atoms with E-state index >= 15 is 0 Å². The van der Waals surface area contributed by atoms with E-state index in [1.165, 1.54) is 0 Å². The number of rotatable bonds is 13. The summed E-state index contributed by atoms with van der Waals surface area (Å²) in [5.74, 6) is 0.464. The summed E-state index contributed by atoms with van der Waals surface area (Å²) in [5.41, 5.74) is -0.184. The zero-order valence-corrected chi connectivity index (χ0v) is 17.3. The van der Waals surface area contributed by atoms with Crippen LogP contribution >= 0.6 is 0 Å². The summed E-state index contributed by atoms with van der Waals surface area (Å²) in [4.78, 5) is 24.6. The van der Waals surface area contributed by atoms with Crippen LogP contribution in [0.2, 0.25) is 0 Å². The molecule has 0 aromatic rings. The first-order chi connectivity index (χ1) is 12.9. The highest BCUT2D eigenvalue weighted by atomic mass is 16.5. The van der Waals surface area contributed by atoms with Gasteiger partial charge >= 0.3 is 0 Å². The number of nitrogens with one attached hydrogen (secondary N) is 1. The molecule has 2 bridgehead atoms. The van der Waals surface area contributed by atoms with Crippen LogP contribution in [0.15, 0.2) is 0 Å². The molecule has 0 radical (unpaired) electrons. The van der Waals surface area contributed by atoms with E-state index < -0.39 is 0 Å². The largest absolute Gasteiger partial charge is 0.379 e. The number of ketones is 1. The smallest absolute Gasteiger partial charge is 0.222 e. The highest BCUT2D eigenvalue weighted by molar-refractivity contribution is 5.85. The Kier molecular flexibility index (Phi) is 8.70. The third-order valence-electron chi connectivity index (χ3n) is 6.09. The molecular weight excluding hydrogens is 346 g/mol. The molecule has 3 aliphatic carbocycles. The number of fused-ring (bicyclic) bond motifs is 3. The summed E-state index contributed by atoms with van der Waals surface area (Å²) in [5, 5.41) is 3.25. The molecule has 0 aromatic heterocycles. The van der Waals surface area contributed by atoms with Gasteiger partial charge in [-0.3, -0.25) is 9.59 Å². The molecule has 3 saturated carbocycles. The molecule has 1 N–H and O–H groups in total. The Labute approximate surface area is 163 Å². The van der Waals surface area contributed by atoms with Crippen molar-refractivity contribution in [3.05, 3.63) is 0 Å². The Balaban J connectivity index is 1.55. The number of hydrogen-bond acceptors (Lipinski definition) is 5. The van der Waals surface area contributed by atoms with Gasteiger partial charge in [0.2, 0.25) is 5.91 Å². The zero-order chi connectivity index (χ0) is 19.8. The van der Waals surface area contributed by atoms with Gasteiger partial charge in [0.15, 0.2) is 0 Å². The second kappa shape index (κ2) is 10.5. The van der Waals surface area contributed by atoms with Crippen molar-refractivity contribution in [1.29, 1.82) is 0 Å². The van der Waals surface area contributed by atoms with Crippen molar-refractivity contribution in [2.24, 2.45) is 5.41 Å². The fourth-order valence-electron chi connectivity index (χ4n) is 4.35. The van der Waals surface area contributed by atoms with Crippen LogP contribution in [0.3, 0.4) is 0 Å². The van der Waals surface area contributed by atoms with Crippen LogP contribution in [0, 0.1) is 5.41 Å². The molecule has 156 valence electrons. The normalized spacial score (nSPS) is 27.1. The minimum atomic E-state index is -0.0927. The van der Waals surface area contributed by atoms with E-state index in [0.29, 0.717) is 51.7 Å². The molecule has 0 aromatic carbocycles. The number of Topliss-reactive ketones (excluding diaryl/α,β-unsaturated/α-hetero) is 1. The maximum Gasteiger partial charge on any atom is 0.222 e. The standard InChI is InChI=1S/C21H37NO5/c1-4-18(23)20-6-9-21(10-7-20,11-8-20)22-19(24)5-12-25-13-14-26-15-16-27-17(2)3/h17H,4-16H2,1-3H3,(H,22,24). The summed E-state index contributed by atoms with van der Waals surface area (Å²) < 4.78 is 16.3. The lowest BCUT2D eigenvalue weighted by atomic mass is 9.55. The van der Waals surface area contributed by atoms with Crippen LogP contribution < -0.4 is 5.32 Å². The Bertz CT molecular complexity index is 466. The van der Waals surface area contributed by atoms with Gasteiger partial charge in [-0.25, -0.2) is 0 Å². The average Bonchev–Trinajstić information content (AvgIpc) is 2.67. The third kappa shape index (κ3) is 6.54. The van der Waals surface area contributed by atoms with E-state index in [2.05, 4.69) is 5.32 Å². The van der Waals surface area contributed by atoms with Gasteiger partial charge in [-0.2, -0.15) is 0 Å². The summed E-state index contributed by atoms with van der Waals surface area (Å²) in [6.45, 7) is 8.51. The molecule has 0 aliphatic heterocycles. The molecule has 0 atom stereocenters. The average molecular weight is 384 g/mol. The molecule has 0 unspecified atom stereocenters. The first kappa shape index (κ1) is 22.3. The van der Waals surface area contributed by atoms with Gasteiger partial charge in [0, 0.05) is 23.8 Å². The van der Waals surface area contributed by atoms with Gasteiger partial charge in [0.25, 0.3) is 0 Å². The molecule has 0 saturated heterocycles. The summed E-state index contributed by atoms with van der Waals surface area (Å²) in [7, 11) is 0. The number of carbonyl (C=O) groups excluding carboxylic acids is 2. The van der Waals surface area contributed by atoms with Gasteiger partial charge in [0.1, 0.15) is 5.78 Å². The van der Waals surface area contributed by atoms with Crippen LogP contribution in [-0.4, -0.2) is 56.4 Å². The molecule has 1 amide bonds. The second-order valence-corrected chi connectivity index (χ2v) is 8.28. The van der Waals surface area contributed by atoms with Crippen LogP contribution in [-0.2, 0) is 23.8 Å². The number of hydrogen-bond donors (Lipinski definition) is 1. The summed E-state index contributed by atoms with van der Waals surface area (Å²) in [6, 6.07) is 0. The van der Waals surface area contributed by atoms with E-state index in [-0.39, 0.29) is 23.0 Å². The minimum Gasteiger partial charge on any atom is -0.379 e. The lowest BCUT2D eigenvalue weighted by Gasteiger charge is -2.52. The van der Waals surface area contributed by atoms with Gasteiger partial charge in [-0.05, 0) is 52.4 Å². The van der Waals surface area contributed by atoms with Crippen molar-refractivity contribution in [3.63, 3.8) is 0 Å². The SMILES string of the molecule is CCC(=O)C12CCC(NC(=O)CCOCCOCCOC(C)C)(CC1)CC2. The van der Waals surface area contributed by atoms with Gasteiger partial charge < -0.3 is 19.5 Å². The number of carbonyl (C=O) groups is 2. The lowest BCUT2D eigenvalue weighted by Crippen LogP contribution is -2.58. The Hall–Kier alpha value is -0.980. The molecule has 6 heteroatoms. The van der Waals surface area contributed by atoms with E-state index in [1.807, 2.05) is 20.8 Å². The van der Waals surface area contributed by atoms with Gasteiger partial charge in [0.05, 0.1) is 39.1 Å². The highest BCUT2D eigenvalue weighted by Gasteiger charge is 2.51. The topological polar surface area (TPSA) is 73.9 Å². The van der Waals surface area contributed by atoms with E-state index in [9.17, 15) is 9.59 Å². The van der Waals surface area contributed by atoms with Crippen molar-refractivity contribution < 1.29 is 23.8 Å². The monoisotopic (exact) mass is 383 g/mol. The molecular formula is C21H37NO5. The Morgan fingerprint density at radius 1 is 0.889 bits per heavy atom. The maximum atomic E-state index is 12.3. The van der Waals surface area contributed by atoms with Gasteiger partial charge in [-0.1, -0.05) is 6.92 Å². The first-order valence-electron chi connectivity index (χ1n) is 10.5. The predicted octanol–water partition coefficient (Wildman–Crippen LogP) is 3.02. The lowest BCUT2D eigenvalue weighted by molar-refractivity contribution is -0.137. The van der Waals surface area contributed by atoms with Crippen molar-refractivity contribution in [2.75, 3.05) is 33.0 Å². The number of ether oxygens (including phenoxy) is 3.